The number of benzene rings is 5. The third-order valence-electron chi connectivity index (χ3n) is 13.2. The zero-order valence-electron chi connectivity index (χ0n) is 38.6. The van der Waals surface area contributed by atoms with Gasteiger partial charge in [-0.2, -0.15) is 5.26 Å². The third-order valence-corrected chi connectivity index (χ3v) is 13.2. The van der Waals surface area contributed by atoms with Gasteiger partial charge < -0.3 is 34.2 Å². The Balaban J connectivity index is 1.36. The van der Waals surface area contributed by atoms with Crippen LogP contribution in [0, 0.1) is 34.9 Å². The van der Waals surface area contributed by atoms with Crippen LogP contribution in [-0.4, -0.2) is 64.0 Å². The number of aliphatic hydroxyl groups excluding tert-OH is 2. The lowest BCUT2D eigenvalue weighted by molar-refractivity contribution is -0.255. The number of carbonyl (C=O) groups is 1. The molecule has 1 amide bonds. The Morgan fingerprint density at radius 3 is 2.33 bits per heavy atom. The molecule has 5 aromatic carbocycles. The second-order valence-electron chi connectivity index (χ2n) is 18.8. The van der Waals surface area contributed by atoms with Crippen LogP contribution in [0.3, 0.4) is 0 Å². The van der Waals surface area contributed by atoms with Gasteiger partial charge in [-0.3, -0.25) is 4.79 Å². The minimum atomic E-state index is -1.53. The van der Waals surface area contributed by atoms with Crippen molar-refractivity contribution < 1.29 is 38.4 Å². The molecule has 1 saturated carbocycles. The first-order chi connectivity index (χ1) is 32.4. The molecule has 0 aromatic heterocycles. The summed E-state index contributed by atoms with van der Waals surface area (Å²) in [6.45, 7) is 10.2. The van der Waals surface area contributed by atoms with Crippen LogP contribution in [0.4, 0.5) is 4.39 Å². The molecule has 3 aliphatic rings. The molecule has 11 heteroatoms. The van der Waals surface area contributed by atoms with Gasteiger partial charge in [0.15, 0.2) is 0 Å². The van der Waals surface area contributed by atoms with Gasteiger partial charge in [-0.1, -0.05) is 72.6 Å². The van der Waals surface area contributed by atoms with Crippen molar-refractivity contribution in [2.75, 3.05) is 19.8 Å². The van der Waals surface area contributed by atoms with Gasteiger partial charge >= 0.3 is 0 Å². The number of oxime groups is 1. The number of hydrogen-bond donors (Lipinski definition) is 2. The molecule has 0 bridgehead atoms. The van der Waals surface area contributed by atoms with E-state index in [1.54, 1.807) is 47.4 Å². The maximum atomic E-state index is 15.4. The number of carbonyl (C=O) groups excluding carboxylic acids is 1. The lowest BCUT2D eigenvalue weighted by Crippen LogP contribution is -2.70. The number of hydrogen-bond acceptors (Lipinski definition) is 9. The molecule has 2 N–H and O–H groups in total. The summed E-state index contributed by atoms with van der Waals surface area (Å²) in [6.07, 6.45) is 8.56. The van der Waals surface area contributed by atoms with E-state index in [2.05, 4.69) is 36.9 Å². The van der Waals surface area contributed by atoms with E-state index >= 15 is 4.79 Å². The van der Waals surface area contributed by atoms with Gasteiger partial charge in [-0.15, -0.1) is 6.58 Å². The summed E-state index contributed by atoms with van der Waals surface area (Å²) in [5.74, 6) is -1.20. The largest absolute Gasteiger partial charge is 0.459 e. The average Bonchev–Trinajstić information content (AvgIpc) is 3.33. The van der Waals surface area contributed by atoms with E-state index in [4.69, 9.17) is 24.2 Å². The molecule has 67 heavy (non-hydrogen) atoms. The van der Waals surface area contributed by atoms with Crippen LogP contribution in [0.15, 0.2) is 139 Å². The molecule has 2 aliphatic carbocycles. The summed E-state index contributed by atoms with van der Waals surface area (Å²) in [4.78, 5) is 23.4. The molecule has 6 unspecified atom stereocenters. The van der Waals surface area contributed by atoms with Crippen molar-refractivity contribution in [3.8, 4) is 23.3 Å². The molecule has 1 fully saturated rings. The molecule has 1 heterocycles. The number of rotatable bonds is 18. The monoisotopic (exact) mass is 905 g/mol. The quantitative estimate of drug-likeness (QED) is 0.0504. The molecular weight excluding hydrogens is 846 g/mol. The number of amides is 1. The Labute approximate surface area is 392 Å². The van der Waals surface area contributed by atoms with E-state index < -0.39 is 29.2 Å². The lowest BCUT2D eigenvalue weighted by atomic mass is 9.55. The number of nitriles is 1. The van der Waals surface area contributed by atoms with Crippen LogP contribution in [0.2, 0.25) is 0 Å². The predicted molar refractivity (Wildman–Crippen MR) is 257 cm³/mol. The summed E-state index contributed by atoms with van der Waals surface area (Å²) in [6, 6.07) is 34.0. The standard InChI is InChI=1S/C56H60FN3O7/c1-5-30-64-56-51(60(36-38-18-23-43(57)24-19-38)54(63)40-20-16-37(35-58)17-21-40)34-49(59-67-55(2,3)4)47-32-42(14-8-10-28-61)46(15-9-11-29-62)52(53(47)56)48-33-45(26-27-50(48)66-56)65-44-25-22-39-12-6-7-13-41(39)31-44/h5-7,12-13,16-27,31-33,42,46,51-53,61-62H,1,8-11,14-15,28-30,34,36H2,2-4H3. The van der Waals surface area contributed by atoms with Crippen molar-refractivity contribution in [3.05, 3.63) is 162 Å². The molecule has 5 aromatic rings. The van der Waals surface area contributed by atoms with E-state index in [-0.39, 0.29) is 56.4 Å². The van der Waals surface area contributed by atoms with Crippen molar-refractivity contribution in [3.63, 3.8) is 0 Å². The van der Waals surface area contributed by atoms with Crippen LogP contribution in [-0.2, 0) is 16.1 Å². The first-order valence-corrected chi connectivity index (χ1v) is 23.4. The topological polar surface area (TPSA) is 134 Å². The van der Waals surface area contributed by atoms with Gasteiger partial charge in [0.2, 0.25) is 5.79 Å². The molecule has 1 aliphatic heterocycles. The van der Waals surface area contributed by atoms with Crippen molar-refractivity contribution in [1.29, 1.82) is 5.26 Å². The van der Waals surface area contributed by atoms with E-state index in [1.807, 2.05) is 63.2 Å². The van der Waals surface area contributed by atoms with E-state index in [9.17, 15) is 19.9 Å². The Morgan fingerprint density at radius 2 is 1.63 bits per heavy atom. The highest BCUT2D eigenvalue weighted by Gasteiger charge is 2.65. The second kappa shape index (κ2) is 20.7. The second-order valence-corrected chi connectivity index (χ2v) is 18.8. The van der Waals surface area contributed by atoms with E-state index in [1.165, 1.54) is 12.1 Å². The highest BCUT2D eigenvalue weighted by atomic mass is 19.1. The predicted octanol–water partition coefficient (Wildman–Crippen LogP) is 11.4. The molecule has 6 atom stereocenters. The number of aliphatic hydroxyl groups is 2. The molecular formula is C56H60FN3O7. The Bertz CT molecular complexity index is 2650. The van der Waals surface area contributed by atoms with Gasteiger partial charge in [0.05, 0.1) is 29.9 Å². The minimum absolute atomic E-state index is 0.00687. The number of unbranched alkanes of at least 4 members (excludes halogenated alkanes) is 2. The van der Waals surface area contributed by atoms with Crippen LogP contribution >= 0.6 is 0 Å². The minimum Gasteiger partial charge on any atom is -0.459 e. The van der Waals surface area contributed by atoms with Gasteiger partial charge in [0.25, 0.3) is 5.91 Å². The normalized spacial score (nSPS) is 22.4. The number of nitrogens with zero attached hydrogens (tertiary/aromatic N) is 3. The summed E-state index contributed by atoms with van der Waals surface area (Å²) >= 11 is 0. The zero-order chi connectivity index (χ0) is 47.1. The maximum Gasteiger partial charge on any atom is 0.254 e. The molecule has 348 valence electrons. The fourth-order valence-electron chi connectivity index (χ4n) is 10.2. The van der Waals surface area contributed by atoms with Crippen LogP contribution in [0.5, 0.6) is 17.2 Å². The summed E-state index contributed by atoms with van der Waals surface area (Å²) in [5, 5.41) is 36.8. The van der Waals surface area contributed by atoms with Gasteiger partial charge in [-0.05, 0) is 147 Å². The third kappa shape index (κ3) is 10.3. The highest BCUT2D eigenvalue weighted by molar-refractivity contribution is 6.03. The molecule has 0 radical (unpaired) electrons. The number of allylic oxidation sites excluding steroid dienone is 1. The van der Waals surface area contributed by atoms with Gasteiger partial charge in [0.1, 0.15) is 34.7 Å². The Hall–Kier alpha value is -6.32. The number of ether oxygens (including phenoxy) is 3. The van der Waals surface area contributed by atoms with Crippen molar-refractivity contribution in [2.45, 2.75) is 95.6 Å². The summed E-state index contributed by atoms with van der Waals surface area (Å²) < 4.78 is 35.8. The molecule has 8 rings (SSSR count). The smallest absolute Gasteiger partial charge is 0.254 e. The number of halogens is 1. The average molecular weight is 906 g/mol. The highest BCUT2D eigenvalue weighted by Crippen LogP contribution is 2.62. The summed E-state index contributed by atoms with van der Waals surface area (Å²) in [7, 11) is 0. The fraction of sp³-hybridized carbons (Fsp3) is 0.375. The molecule has 0 saturated heterocycles. The Morgan fingerprint density at radius 1 is 0.925 bits per heavy atom. The first-order valence-electron chi connectivity index (χ1n) is 23.4. The van der Waals surface area contributed by atoms with Crippen molar-refractivity contribution >= 4 is 22.4 Å². The SMILES string of the molecule is C=CCOC12Oc3ccc(Oc4ccc5ccccc5c4)cc3C3C(CCCCO)C(CCCCO)C=C(C(=NOC(C)(C)C)CC1N(Cc1ccc(F)cc1)C(=O)c1ccc(C#N)cc1)C32. The van der Waals surface area contributed by atoms with Crippen LogP contribution < -0.4 is 9.47 Å². The van der Waals surface area contributed by atoms with Gasteiger partial charge in [-0.25, -0.2) is 4.39 Å². The van der Waals surface area contributed by atoms with Gasteiger partial charge in [0, 0.05) is 43.2 Å². The molecule has 0 spiro atoms. The zero-order valence-corrected chi connectivity index (χ0v) is 38.6. The van der Waals surface area contributed by atoms with E-state index in [0.717, 1.165) is 47.6 Å². The molecule has 10 nitrogen and oxygen atoms in total. The fourth-order valence-corrected chi connectivity index (χ4v) is 10.2. The summed E-state index contributed by atoms with van der Waals surface area (Å²) in [5.41, 5.74) is 3.27. The van der Waals surface area contributed by atoms with Crippen LogP contribution in [0.1, 0.15) is 98.7 Å². The lowest BCUT2D eigenvalue weighted by Gasteiger charge is -2.60. The Kier molecular flexibility index (Phi) is 14.6. The maximum absolute atomic E-state index is 15.4. The van der Waals surface area contributed by atoms with Crippen molar-refractivity contribution in [2.24, 2.45) is 22.9 Å². The van der Waals surface area contributed by atoms with E-state index in [0.29, 0.717) is 52.5 Å². The van der Waals surface area contributed by atoms with Crippen molar-refractivity contribution in [1.82, 2.24) is 4.90 Å². The number of fused-ring (bicyclic) bond motifs is 3. The van der Waals surface area contributed by atoms with Crippen LogP contribution in [0.25, 0.3) is 10.8 Å². The first kappa shape index (κ1) is 47.2.